The van der Waals surface area contributed by atoms with Gasteiger partial charge in [0.15, 0.2) is 6.23 Å². The lowest BCUT2D eigenvalue weighted by atomic mass is 10.0. The van der Waals surface area contributed by atoms with E-state index >= 15 is 0 Å². The van der Waals surface area contributed by atoms with Crippen LogP contribution in [0.3, 0.4) is 0 Å². The molecule has 0 aromatic rings. The second-order valence-corrected chi connectivity index (χ2v) is 2.71. The maximum Gasteiger partial charge on any atom is 0.307 e. The summed E-state index contributed by atoms with van der Waals surface area (Å²) in [6, 6.07) is 0. The van der Waals surface area contributed by atoms with Gasteiger partial charge in [0.05, 0.1) is 6.42 Å². The summed E-state index contributed by atoms with van der Waals surface area (Å²) in [6.07, 6.45) is 2.23. The summed E-state index contributed by atoms with van der Waals surface area (Å²) in [4.78, 5) is 10.6. The van der Waals surface area contributed by atoms with E-state index in [0.717, 1.165) is 12.8 Å². The first kappa shape index (κ1) is 7.54. The van der Waals surface area contributed by atoms with Crippen LogP contribution in [-0.2, 0) is 9.53 Å². The van der Waals surface area contributed by atoms with Gasteiger partial charge in [0.1, 0.15) is 0 Å². The highest BCUT2D eigenvalue weighted by molar-refractivity contribution is 5.71. The number of carbonyl (C=O) groups is 1. The van der Waals surface area contributed by atoms with E-state index in [1.807, 2.05) is 0 Å². The lowest BCUT2D eigenvalue weighted by Crippen LogP contribution is -2.26. The molecule has 58 valence electrons. The van der Waals surface area contributed by atoms with Gasteiger partial charge in [-0.3, -0.25) is 10.5 Å². The topological polar surface area (TPSA) is 52.3 Å². The van der Waals surface area contributed by atoms with Gasteiger partial charge in [-0.05, 0) is 6.42 Å². The average molecular weight is 143 g/mol. The van der Waals surface area contributed by atoms with Crippen LogP contribution in [0.15, 0.2) is 0 Å². The minimum atomic E-state index is -0.340. The molecule has 10 heavy (non-hydrogen) atoms. The number of cyclic esters (lactones) is 1. The second-order valence-electron chi connectivity index (χ2n) is 2.71. The van der Waals surface area contributed by atoms with Gasteiger partial charge in [-0.1, -0.05) is 13.3 Å². The molecule has 1 rings (SSSR count). The quantitative estimate of drug-likeness (QED) is 0.577. The highest BCUT2D eigenvalue weighted by Crippen LogP contribution is 2.22. The van der Waals surface area contributed by atoms with Gasteiger partial charge < -0.3 is 4.74 Å². The maximum atomic E-state index is 10.6. The van der Waals surface area contributed by atoms with Crippen LogP contribution in [0.1, 0.15) is 26.2 Å². The molecule has 1 aliphatic rings. The van der Waals surface area contributed by atoms with Gasteiger partial charge in [-0.15, -0.1) is 0 Å². The van der Waals surface area contributed by atoms with Crippen LogP contribution < -0.4 is 5.73 Å². The third-order valence-corrected chi connectivity index (χ3v) is 1.82. The first-order valence-corrected chi connectivity index (χ1v) is 3.69. The summed E-state index contributed by atoms with van der Waals surface area (Å²) in [7, 11) is 0. The molecule has 1 fully saturated rings. The van der Waals surface area contributed by atoms with Crippen molar-refractivity contribution >= 4 is 5.97 Å². The van der Waals surface area contributed by atoms with E-state index in [1.54, 1.807) is 0 Å². The molecule has 1 heterocycles. The zero-order valence-electron chi connectivity index (χ0n) is 6.17. The van der Waals surface area contributed by atoms with Crippen LogP contribution in [0.4, 0.5) is 0 Å². The Labute approximate surface area is 60.5 Å². The Morgan fingerprint density at radius 2 is 2.50 bits per heavy atom. The molecule has 1 aliphatic heterocycles. The van der Waals surface area contributed by atoms with Crippen LogP contribution in [0, 0.1) is 5.92 Å². The van der Waals surface area contributed by atoms with Crippen LogP contribution in [-0.4, -0.2) is 12.2 Å². The molecule has 0 unspecified atom stereocenters. The van der Waals surface area contributed by atoms with Crippen molar-refractivity contribution in [3.8, 4) is 0 Å². The molecule has 0 spiro atoms. The van der Waals surface area contributed by atoms with E-state index in [9.17, 15) is 4.79 Å². The van der Waals surface area contributed by atoms with Crippen LogP contribution >= 0.6 is 0 Å². The van der Waals surface area contributed by atoms with Crippen LogP contribution in [0.25, 0.3) is 0 Å². The molecule has 3 heteroatoms. The predicted octanol–water partition coefficient (Wildman–Crippen LogP) is 0.634. The SMILES string of the molecule is CCC[C@@H]1CC(=O)O[C@H]1N. The smallest absolute Gasteiger partial charge is 0.307 e. The summed E-state index contributed by atoms with van der Waals surface area (Å²) in [5.41, 5.74) is 5.51. The molecule has 3 nitrogen and oxygen atoms in total. The summed E-state index contributed by atoms with van der Waals surface area (Å²) in [5, 5.41) is 0. The summed E-state index contributed by atoms with van der Waals surface area (Å²) in [6.45, 7) is 2.08. The Kier molecular flexibility index (Phi) is 2.27. The van der Waals surface area contributed by atoms with E-state index in [2.05, 4.69) is 6.92 Å². The third kappa shape index (κ3) is 1.48. The molecule has 0 aliphatic carbocycles. The molecule has 1 saturated heterocycles. The number of ether oxygens (including phenoxy) is 1. The minimum absolute atomic E-state index is 0.147. The minimum Gasteiger partial charge on any atom is -0.446 e. The van der Waals surface area contributed by atoms with Gasteiger partial charge in [0.25, 0.3) is 0 Å². The molecule has 0 amide bonds. The summed E-state index contributed by atoms with van der Waals surface area (Å²) >= 11 is 0. The van der Waals surface area contributed by atoms with Gasteiger partial charge in [0.2, 0.25) is 0 Å². The van der Waals surface area contributed by atoms with E-state index in [-0.39, 0.29) is 18.1 Å². The van der Waals surface area contributed by atoms with Crippen LogP contribution in [0.2, 0.25) is 0 Å². The number of carbonyl (C=O) groups excluding carboxylic acids is 1. The lowest BCUT2D eigenvalue weighted by molar-refractivity contribution is -0.141. The molecule has 2 N–H and O–H groups in total. The Bertz CT molecular complexity index is 136. The molecule has 0 radical (unpaired) electrons. The highest BCUT2D eigenvalue weighted by atomic mass is 16.6. The Morgan fingerprint density at radius 3 is 2.90 bits per heavy atom. The summed E-state index contributed by atoms with van der Waals surface area (Å²) in [5.74, 6) is 0.114. The fourth-order valence-electron chi connectivity index (χ4n) is 1.26. The van der Waals surface area contributed by atoms with Crippen molar-refractivity contribution in [1.82, 2.24) is 0 Å². The molecular weight excluding hydrogens is 130 g/mol. The monoisotopic (exact) mass is 143 g/mol. The standard InChI is InChI=1S/C7H13NO2/c1-2-3-5-4-6(9)10-7(5)8/h5,7H,2-4,8H2,1H3/t5-,7-/m1/s1. The van der Waals surface area contributed by atoms with Gasteiger partial charge in [-0.25, -0.2) is 0 Å². The first-order chi connectivity index (χ1) is 4.74. The maximum absolute atomic E-state index is 10.6. The van der Waals surface area contributed by atoms with Crippen molar-refractivity contribution in [1.29, 1.82) is 0 Å². The van der Waals surface area contributed by atoms with Gasteiger partial charge >= 0.3 is 5.97 Å². The van der Waals surface area contributed by atoms with Gasteiger partial charge in [0, 0.05) is 5.92 Å². The highest BCUT2D eigenvalue weighted by Gasteiger charge is 2.30. The molecular formula is C7H13NO2. The van der Waals surface area contributed by atoms with E-state index in [4.69, 9.17) is 10.5 Å². The van der Waals surface area contributed by atoms with Crippen LogP contribution in [0.5, 0.6) is 0 Å². The summed E-state index contributed by atoms with van der Waals surface area (Å²) < 4.78 is 4.77. The largest absolute Gasteiger partial charge is 0.446 e. The van der Waals surface area contributed by atoms with E-state index in [0.29, 0.717) is 6.42 Å². The predicted molar refractivity (Wildman–Crippen MR) is 37.1 cm³/mol. The van der Waals surface area contributed by atoms with Crippen molar-refractivity contribution in [2.24, 2.45) is 11.7 Å². The molecule has 0 bridgehead atoms. The van der Waals surface area contributed by atoms with Gasteiger partial charge in [-0.2, -0.15) is 0 Å². The third-order valence-electron chi connectivity index (χ3n) is 1.82. The van der Waals surface area contributed by atoms with Crippen molar-refractivity contribution in [3.63, 3.8) is 0 Å². The Hall–Kier alpha value is -0.570. The van der Waals surface area contributed by atoms with Crippen molar-refractivity contribution < 1.29 is 9.53 Å². The number of nitrogens with two attached hydrogens (primary N) is 1. The molecule has 0 saturated carbocycles. The second kappa shape index (κ2) is 3.01. The Morgan fingerprint density at radius 1 is 1.80 bits per heavy atom. The molecule has 0 aromatic heterocycles. The fourth-order valence-corrected chi connectivity index (χ4v) is 1.26. The molecule has 0 aromatic carbocycles. The average Bonchev–Trinajstić information content (AvgIpc) is 2.13. The van der Waals surface area contributed by atoms with Crippen molar-refractivity contribution in [3.05, 3.63) is 0 Å². The number of rotatable bonds is 2. The fraction of sp³-hybridized carbons (Fsp3) is 0.857. The number of hydrogen-bond acceptors (Lipinski definition) is 3. The Balaban J connectivity index is 2.38. The van der Waals surface area contributed by atoms with Crippen molar-refractivity contribution in [2.75, 3.05) is 0 Å². The first-order valence-electron chi connectivity index (χ1n) is 3.69. The van der Waals surface area contributed by atoms with Crippen molar-refractivity contribution in [2.45, 2.75) is 32.4 Å². The normalized spacial score (nSPS) is 32.4. The van der Waals surface area contributed by atoms with E-state index in [1.165, 1.54) is 0 Å². The number of hydrogen-bond donors (Lipinski definition) is 1. The van der Waals surface area contributed by atoms with E-state index < -0.39 is 0 Å². The molecule has 2 atom stereocenters. The number of esters is 1. The lowest BCUT2D eigenvalue weighted by Gasteiger charge is -2.09. The zero-order chi connectivity index (χ0) is 7.56. The zero-order valence-corrected chi connectivity index (χ0v) is 6.17.